The summed E-state index contributed by atoms with van der Waals surface area (Å²) in [6.45, 7) is 2.75. The van der Waals surface area contributed by atoms with E-state index >= 15 is 0 Å². The fraction of sp³-hybridized carbons (Fsp3) is 0.500. The van der Waals surface area contributed by atoms with Crippen molar-refractivity contribution in [3.63, 3.8) is 0 Å². The number of rotatable bonds is 7. The van der Waals surface area contributed by atoms with Gasteiger partial charge in [0, 0.05) is 12.5 Å². The Bertz CT molecular complexity index is 679. The summed E-state index contributed by atoms with van der Waals surface area (Å²) in [6.07, 6.45) is 5.79. The Morgan fingerprint density at radius 3 is 2.92 bits per heavy atom. The van der Waals surface area contributed by atoms with Crippen molar-refractivity contribution in [1.29, 1.82) is 0 Å². The summed E-state index contributed by atoms with van der Waals surface area (Å²) in [5.74, 6) is 1.89. The number of amides is 1. The molecule has 1 heterocycles. The van der Waals surface area contributed by atoms with Gasteiger partial charge >= 0.3 is 0 Å². The van der Waals surface area contributed by atoms with E-state index in [0.29, 0.717) is 23.4 Å². The minimum Gasteiger partial charge on any atom is -0.355 e. The molecule has 1 amide bonds. The Morgan fingerprint density at radius 2 is 2.12 bits per heavy atom. The maximum absolute atomic E-state index is 12.0. The average molecular weight is 344 g/mol. The van der Waals surface area contributed by atoms with Crippen LogP contribution in [0.1, 0.15) is 48.6 Å². The molecule has 0 atom stereocenters. The number of nitrogens with zero attached hydrogens (tertiary/aromatic N) is 2. The highest BCUT2D eigenvalue weighted by Crippen LogP contribution is 2.32. The smallest absolute Gasteiger partial charge is 0.230 e. The monoisotopic (exact) mass is 344 g/mol. The Kier molecular flexibility index (Phi) is 5.91. The van der Waals surface area contributed by atoms with Crippen molar-refractivity contribution in [2.45, 2.75) is 50.1 Å². The van der Waals surface area contributed by atoms with Crippen LogP contribution < -0.4 is 5.32 Å². The maximum atomic E-state index is 12.0. The zero-order chi connectivity index (χ0) is 16.8. The first kappa shape index (κ1) is 17.0. The molecule has 2 aromatic rings. The highest BCUT2D eigenvalue weighted by Gasteiger charge is 2.20. The lowest BCUT2D eigenvalue weighted by Gasteiger charge is -2.06. The largest absolute Gasteiger partial charge is 0.355 e. The summed E-state index contributed by atoms with van der Waals surface area (Å²) in [5.41, 5.74) is 2.54. The van der Waals surface area contributed by atoms with Gasteiger partial charge in [0.1, 0.15) is 5.82 Å². The summed E-state index contributed by atoms with van der Waals surface area (Å²) in [4.78, 5) is 16.5. The van der Waals surface area contributed by atoms with Gasteiger partial charge in [0.2, 0.25) is 11.1 Å². The summed E-state index contributed by atoms with van der Waals surface area (Å²) < 4.78 is 0. The van der Waals surface area contributed by atoms with Crippen LogP contribution in [0.3, 0.4) is 0 Å². The molecule has 1 saturated carbocycles. The molecule has 2 N–H and O–H groups in total. The number of hydrogen-bond donors (Lipinski definition) is 2. The summed E-state index contributed by atoms with van der Waals surface area (Å²) in [7, 11) is 0. The van der Waals surface area contributed by atoms with Gasteiger partial charge in [-0.15, -0.1) is 5.10 Å². The second-order valence-corrected chi connectivity index (χ2v) is 7.24. The van der Waals surface area contributed by atoms with Gasteiger partial charge in [-0.1, -0.05) is 48.9 Å². The van der Waals surface area contributed by atoms with E-state index in [-0.39, 0.29) is 5.91 Å². The first-order valence-electron chi connectivity index (χ1n) is 8.58. The lowest BCUT2D eigenvalue weighted by molar-refractivity contribution is -0.118. The normalized spacial score (nSPS) is 14.9. The average Bonchev–Trinajstić information content (AvgIpc) is 3.26. The third kappa shape index (κ3) is 4.60. The minimum absolute atomic E-state index is 0.0285. The summed E-state index contributed by atoms with van der Waals surface area (Å²) in [6, 6.07) is 8.27. The molecule has 0 spiro atoms. The number of carbonyl (C=O) groups excluding carboxylic acids is 1. The van der Waals surface area contributed by atoms with Crippen LogP contribution in [0.5, 0.6) is 0 Å². The maximum Gasteiger partial charge on any atom is 0.230 e. The standard InChI is InChI=1S/C18H24N4OS/c1-13-6-2-3-7-14(13)10-11-19-16(23)12-24-18-20-17(21-22-18)15-8-4-5-9-15/h2-3,6-7,15H,4-5,8-12H2,1H3,(H,19,23)(H,20,21,22). The van der Waals surface area contributed by atoms with Crippen LogP contribution in [0.2, 0.25) is 0 Å². The Labute approximate surface area is 147 Å². The molecule has 5 nitrogen and oxygen atoms in total. The molecule has 0 bridgehead atoms. The molecule has 3 rings (SSSR count). The number of aromatic nitrogens is 3. The van der Waals surface area contributed by atoms with Gasteiger partial charge in [-0.3, -0.25) is 9.89 Å². The van der Waals surface area contributed by atoms with Gasteiger partial charge in [-0.2, -0.15) is 0 Å². The third-order valence-electron chi connectivity index (χ3n) is 4.53. The van der Waals surface area contributed by atoms with Crippen molar-refractivity contribution >= 4 is 17.7 Å². The molecule has 6 heteroatoms. The molecule has 1 aromatic carbocycles. The van der Waals surface area contributed by atoms with Crippen LogP contribution in [0.15, 0.2) is 29.4 Å². The fourth-order valence-electron chi connectivity index (χ4n) is 3.11. The molecule has 1 aliphatic carbocycles. The van der Waals surface area contributed by atoms with Gasteiger partial charge in [0.05, 0.1) is 5.75 Å². The van der Waals surface area contributed by atoms with Gasteiger partial charge < -0.3 is 5.32 Å². The Morgan fingerprint density at radius 1 is 1.33 bits per heavy atom. The molecule has 0 saturated heterocycles. The molecule has 0 unspecified atom stereocenters. The Hall–Kier alpha value is -1.82. The first-order chi connectivity index (χ1) is 11.7. The first-order valence-corrected chi connectivity index (χ1v) is 9.57. The van der Waals surface area contributed by atoms with Gasteiger partial charge in [0.15, 0.2) is 0 Å². The number of nitrogens with one attached hydrogen (secondary N) is 2. The van der Waals surface area contributed by atoms with Crippen molar-refractivity contribution in [3.05, 3.63) is 41.2 Å². The second kappa shape index (κ2) is 8.33. The lowest BCUT2D eigenvalue weighted by atomic mass is 10.1. The van der Waals surface area contributed by atoms with Crippen molar-refractivity contribution in [2.24, 2.45) is 0 Å². The van der Waals surface area contributed by atoms with Gasteiger partial charge in [-0.25, -0.2) is 4.98 Å². The van der Waals surface area contributed by atoms with E-state index in [9.17, 15) is 4.79 Å². The quantitative estimate of drug-likeness (QED) is 0.757. The topological polar surface area (TPSA) is 70.7 Å². The van der Waals surface area contributed by atoms with Crippen LogP contribution in [0.4, 0.5) is 0 Å². The molecule has 1 aliphatic rings. The van der Waals surface area contributed by atoms with E-state index in [1.54, 1.807) is 0 Å². The number of aromatic amines is 1. The molecule has 1 aromatic heterocycles. The van der Waals surface area contributed by atoms with Crippen LogP contribution in [0.25, 0.3) is 0 Å². The molecule has 24 heavy (non-hydrogen) atoms. The number of hydrogen-bond acceptors (Lipinski definition) is 4. The van der Waals surface area contributed by atoms with Crippen molar-refractivity contribution in [3.8, 4) is 0 Å². The SMILES string of the molecule is Cc1ccccc1CCNC(=O)CSc1n[nH]c(C2CCCC2)n1. The number of H-pyrrole nitrogens is 1. The molecule has 128 valence electrons. The predicted molar refractivity (Wildman–Crippen MR) is 96.2 cm³/mol. The van der Waals surface area contributed by atoms with Gasteiger partial charge in [-0.05, 0) is 37.3 Å². The zero-order valence-electron chi connectivity index (χ0n) is 14.0. The second-order valence-electron chi connectivity index (χ2n) is 6.30. The van der Waals surface area contributed by atoms with E-state index in [4.69, 9.17) is 0 Å². The van der Waals surface area contributed by atoms with Crippen molar-refractivity contribution in [1.82, 2.24) is 20.5 Å². The Balaban J connectivity index is 1.39. The van der Waals surface area contributed by atoms with Gasteiger partial charge in [0.25, 0.3) is 0 Å². The number of carbonyl (C=O) groups is 1. The van der Waals surface area contributed by atoms with E-state index in [2.05, 4.69) is 39.6 Å². The molecule has 0 aliphatic heterocycles. The van der Waals surface area contributed by atoms with Crippen molar-refractivity contribution < 1.29 is 4.79 Å². The molecule has 1 fully saturated rings. The van der Waals surface area contributed by atoms with Crippen molar-refractivity contribution in [2.75, 3.05) is 12.3 Å². The van der Waals surface area contributed by atoms with Crippen LogP contribution >= 0.6 is 11.8 Å². The van der Waals surface area contributed by atoms with E-state index in [1.807, 2.05) is 12.1 Å². The fourth-order valence-corrected chi connectivity index (χ4v) is 3.75. The van der Waals surface area contributed by atoms with Crippen LogP contribution in [0, 0.1) is 6.92 Å². The lowest BCUT2D eigenvalue weighted by Crippen LogP contribution is -2.27. The third-order valence-corrected chi connectivity index (χ3v) is 5.38. The van der Waals surface area contributed by atoms with E-state index in [0.717, 1.165) is 12.2 Å². The molecular weight excluding hydrogens is 320 g/mol. The summed E-state index contributed by atoms with van der Waals surface area (Å²) >= 11 is 1.39. The number of benzene rings is 1. The molecule has 0 radical (unpaired) electrons. The molecular formula is C18H24N4OS. The van der Waals surface area contributed by atoms with E-state index < -0.39 is 0 Å². The number of thioether (sulfide) groups is 1. The zero-order valence-corrected chi connectivity index (χ0v) is 14.9. The highest BCUT2D eigenvalue weighted by atomic mass is 32.2. The summed E-state index contributed by atoms with van der Waals surface area (Å²) in [5, 5.41) is 10.9. The van der Waals surface area contributed by atoms with Crippen LogP contribution in [-0.2, 0) is 11.2 Å². The number of aryl methyl sites for hydroxylation is 1. The minimum atomic E-state index is 0.0285. The predicted octanol–water partition coefficient (Wildman–Crippen LogP) is 3.22. The highest BCUT2D eigenvalue weighted by molar-refractivity contribution is 7.99. The van der Waals surface area contributed by atoms with E-state index in [1.165, 1.54) is 48.6 Å². The van der Waals surface area contributed by atoms with Crippen LogP contribution in [-0.4, -0.2) is 33.4 Å².